The van der Waals surface area contributed by atoms with Gasteiger partial charge in [0.2, 0.25) is 18.6 Å². The van der Waals surface area contributed by atoms with Crippen LogP contribution in [0.5, 0.6) is 17.8 Å². The Morgan fingerprint density at radius 3 is 2.25 bits per heavy atom. The number of carbonyl (C=O) groups excluding carboxylic acids is 1. The summed E-state index contributed by atoms with van der Waals surface area (Å²) >= 11 is 0. The molecule has 0 aliphatic heterocycles. The van der Waals surface area contributed by atoms with E-state index in [1.165, 1.54) is 27.2 Å². The zero-order chi connectivity index (χ0) is 12.0. The van der Waals surface area contributed by atoms with E-state index in [2.05, 4.69) is 14.7 Å². The predicted molar refractivity (Wildman–Crippen MR) is 52.4 cm³/mol. The highest BCUT2D eigenvalue weighted by atomic mass is 16.7. The van der Waals surface area contributed by atoms with E-state index in [-0.39, 0.29) is 12.8 Å². The van der Waals surface area contributed by atoms with Crippen LogP contribution >= 0.6 is 0 Å². The van der Waals surface area contributed by atoms with Gasteiger partial charge < -0.3 is 18.9 Å². The summed E-state index contributed by atoms with van der Waals surface area (Å²) in [5.41, 5.74) is 0. The molecule has 0 aromatic carbocycles. The zero-order valence-corrected chi connectivity index (χ0v) is 9.22. The molecule has 1 aromatic rings. The molecule has 0 aliphatic rings. The molecule has 0 amide bonds. The van der Waals surface area contributed by atoms with Crippen molar-refractivity contribution in [3.05, 3.63) is 6.07 Å². The molecule has 0 saturated carbocycles. The molecule has 1 rings (SSSR count). The Morgan fingerprint density at radius 2 is 1.81 bits per heavy atom. The Hall–Kier alpha value is -2.05. The Morgan fingerprint density at radius 1 is 1.25 bits per heavy atom. The van der Waals surface area contributed by atoms with Crippen molar-refractivity contribution in [3.63, 3.8) is 0 Å². The van der Waals surface area contributed by atoms with Gasteiger partial charge in [-0.3, -0.25) is 4.79 Å². The quantitative estimate of drug-likeness (QED) is 0.532. The summed E-state index contributed by atoms with van der Waals surface area (Å²) in [5.74, 6) is 0.143. The summed E-state index contributed by atoms with van der Waals surface area (Å²) in [6.07, 6.45) is 0. The number of esters is 1. The average molecular weight is 228 g/mol. The second kappa shape index (κ2) is 5.74. The highest BCUT2D eigenvalue weighted by Crippen LogP contribution is 2.18. The standard InChI is InChI=1S/C9H12N2O5/c1-6(12)15-5-16-9-10-7(13-2)4-8(11-9)14-3/h4H,5H2,1-3H3. The predicted octanol–water partition coefficient (Wildman–Crippen LogP) is 0.393. The lowest BCUT2D eigenvalue weighted by Gasteiger charge is -2.07. The summed E-state index contributed by atoms with van der Waals surface area (Å²) in [6.45, 7) is 1.02. The largest absolute Gasteiger partial charge is 0.481 e. The number of carbonyl (C=O) groups is 1. The average Bonchev–Trinajstić information content (AvgIpc) is 2.28. The molecule has 0 fully saturated rings. The Balaban J connectivity index is 2.67. The molecular formula is C9H12N2O5. The van der Waals surface area contributed by atoms with Crippen molar-refractivity contribution in [1.29, 1.82) is 0 Å². The van der Waals surface area contributed by atoms with Gasteiger partial charge in [0.1, 0.15) is 0 Å². The van der Waals surface area contributed by atoms with Crippen molar-refractivity contribution in [2.24, 2.45) is 0 Å². The first-order chi connectivity index (χ1) is 7.65. The minimum absolute atomic E-state index is 0.0115. The van der Waals surface area contributed by atoms with Crippen LogP contribution in [-0.4, -0.2) is 36.9 Å². The monoisotopic (exact) mass is 228 g/mol. The molecule has 1 heterocycles. The van der Waals surface area contributed by atoms with Crippen molar-refractivity contribution in [1.82, 2.24) is 9.97 Å². The highest BCUT2D eigenvalue weighted by molar-refractivity contribution is 5.65. The molecule has 0 saturated heterocycles. The number of aromatic nitrogens is 2. The first-order valence-electron chi connectivity index (χ1n) is 4.39. The molecule has 0 aliphatic carbocycles. The summed E-state index contributed by atoms with van der Waals surface area (Å²) < 4.78 is 19.4. The van der Waals surface area contributed by atoms with Crippen LogP contribution in [0.1, 0.15) is 6.92 Å². The molecular weight excluding hydrogens is 216 g/mol. The Kier molecular flexibility index (Phi) is 4.31. The number of hydrogen-bond donors (Lipinski definition) is 0. The SMILES string of the molecule is COc1cc(OC)nc(OCOC(C)=O)n1. The van der Waals surface area contributed by atoms with Crippen LogP contribution in [0.15, 0.2) is 6.07 Å². The maximum absolute atomic E-state index is 10.5. The number of rotatable bonds is 5. The molecule has 7 heteroatoms. The van der Waals surface area contributed by atoms with Gasteiger partial charge in [0.15, 0.2) is 0 Å². The van der Waals surface area contributed by atoms with E-state index in [9.17, 15) is 4.79 Å². The van der Waals surface area contributed by atoms with Crippen LogP contribution in [0.4, 0.5) is 0 Å². The van der Waals surface area contributed by atoms with E-state index >= 15 is 0 Å². The molecule has 0 unspecified atom stereocenters. The topological polar surface area (TPSA) is 79.8 Å². The minimum atomic E-state index is -0.449. The third kappa shape index (κ3) is 3.60. The van der Waals surface area contributed by atoms with Crippen molar-refractivity contribution < 1.29 is 23.7 Å². The molecule has 16 heavy (non-hydrogen) atoms. The first kappa shape index (κ1) is 12.0. The van der Waals surface area contributed by atoms with Gasteiger partial charge in [-0.2, -0.15) is 9.97 Å². The third-order valence-corrected chi connectivity index (χ3v) is 1.53. The smallest absolute Gasteiger partial charge is 0.325 e. The molecule has 0 N–H and O–H groups in total. The van der Waals surface area contributed by atoms with Crippen LogP contribution in [-0.2, 0) is 9.53 Å². The van der Waals surface area contributed by atoms with Gasteiger partial charge in [-0.1, -0.05) is 0 Å². The number of ether oxygens (including phenoxy) is 4. The maximum atomic E-state index is 10.5. The molecule has 1 aromatic heterocycles. The van der Waals surface area contributed by atoms with E-state index in [1.807, 2.05) is 0 Å². The van der Waals surface area contributed by atoms with Gasteiger partial charge in [-0.25, -0.2) is 0 Å². The normalized spacial score (nSPS) is 9.44. The van der Waals surface area contributed by atoms with Gasteiger partial charge >= 0.3 is 12.0 Å². The lowest BCUT2D eigenvalue weighted by Crippen LogP contribution is -2.09. The summed E-state index contributed by atoms with van der Waals surface area (Å²) in [7, 11) is 2.91. The number of nitrogens with zero attached hydrogens (tertiary/aromatic N) is 2. The van der Waals surface area contributed by atoms with Crippen LogP contribution in [0.2, 0.25) is 0 Å². The fraction of sp³-hybridized carbons (Fsp3) is 0.444. The van der Waals surface area contributed by atoms with E-state index < -0.39 is 5.97 Å². The maximum Gasteiger partial charge on any atom is 0.325 e. The second-order valence-electron chi connectivity index (χ2n) is 2.63. The van der Waals surface area contributed by atoms with Crippen molar-refractivity contribution in [3.8, 4) is 17.8 Å². The Labute approximate surface area is 92.3 Å². The lowest BCUT2D eigenvalue weighted by atomic mass is 10.6. The summed E-state index contributed by atoms with van der Waals surface area (Å²) in [5, 5.41) is 0. The highest BCUT2D eigenvalue weighted by Gasteiger charge is 2.06. The van der Waals surface area contributed by atoms with Crippen molar-refractivity contribution >= 4 is 5.97 Å². The molecule has 0 bridgehead atoms. The minimum Gasteiger partial charge on any atom is -0.481 e. The van der Waals surface area contributed by atoms with E-state index in [1.54, 1.807) is 0 Å². The van der Waals surface area contributed by atoms with Crippen molar-refractivity contribution in [2.45, 2.75) is 6.92 Å². The summed E-state index contributed by atoms with van der Waals surface area (Å²) in [6, 6.07) is 1.51. The van der Waals surface area contributed by atoms with Gasteiger partial charge in [0.05, 0.1) is 20.3 Å². The Bertz CT molecular complexity index is 347. The number of hydrogen-bond acceptors (Lipinski definition) is 7. The molecule has 0 atom stereocenters. The van der Waals surface area contributed by atoms with Crippen LogP contribution in [0.25, 0.3) is 0 Å². The molecule has 0 radical (unpaired) electrons. The second-order valence-corrected chi connectivity index (χ2v) is 2.63. The number of methoxy groups -OCH3 is 2. The van der Waals surface area contributed by atoms with E-state index in [0.717, 1.165) is 0 Å². The van der Waals surface area contributed by atoms with Crippen LogP contribution in [0.3, 0.4) is 0 Å². The van der Waals surface area contributed by atoms with Gasteiger partial charge in [0.25, 0.3) is 0 Å². The van der Waals surface area contributed by atoms with Crippen LogP contribution in [0, 0.1) is 0 Å². The van der Waals surface area contributed by atoms with Crippen molar-refractivity contribution in [2.75, 3.05) is 21.0 Å². The molecule has 7 nitrogen and oxygen atoms in total. The zero-order valence-electron chi connectivity index (χ0n) is 9.22. The van der Waals surface area contributed by atoms with E-state index in [4.69, 9.17) is 14.2 Å². The lowest BCUT2D eigenvalue weighted by molar-refractivity contribution is -0.147. The van der Waals surface area contributed by atoms with Crippen LogP contribution < -0.4 is 14.2 Å². The fourth-order valence-corrected chi connectivity index (χ4v) is 0.823. The van der Waals surface area contributed by atoms with E-state index in [0.29, 0.717) is 11.8 Å². The fourth-order valence-electron chi connectivity index (χ4n) is 0.823. The van der Waals surface area contributed by atoms with Gasteiger partial charge in [0, 0.05) is 6.92 Å². The molecule has 0 spiro atoms. The summed E-state index contributed by atoms with van der Waals surface area (Å²) in [4.78, 5) is 18.2. The van der Waals surface area contributed by atoms with Gasteiger partial charge in [-0.15, -0.1) is 0 Å². The third-order valence-electron chi connectivity index (χ3n) is 1.53. The first-order valence-corrected chi connectivity index (χ1v) is 4.39. The van der Waals surface area contributed by atoms with Gasteiger partial charge in [-0.05, 0) is 0 Å². The molecule has 88 valence electrons.